The summed E-state index contributed by atoms with van der Waals surface area (Å²) in [6, 6.07) is 13.2. The number of hydrogen-bond donors (Lipinski definition) is 1. The summed E-state index contributed by atoms with van der Waals surface area (Å²) in [5.74, 6) is 1.16. The highest BCUT2D eigenvalue weighted by Crippen LogP contribution is 2.28. The largest absolute Gasteiger partial charge is 0.493 e. The summed E-state index contributed by atoms with van der Waals surface area (Å²) >= 11 is 0. The van der Waals surface area contributed by atoms with Crippen molar-refractivity contribution in [3.63, 3.8) is 0 Å². The summed E-state index contributed by atoms with van der Waals surface area (Å²) in [5, 5.41) is 2.83. The van der Waals surface area contributed by atoms with Crippen LogP contribution in [-0.2, 0) is 4.79 Å². The molecule has 0 heterocycles. The van der Waals surface area contributed by atoms with E-state index in [4.69, 9.17) is 9.47 Å². The number of carbonyl (C=O) groups excluding carboxylic acids is 1. The van der Waals surface area contributed by atoms with Crippen molar-refractivity contribution in [3.05, 3.63) is 59.7 Å². The number of aryl methyl sites for hydroxylation is 1. The van der Waals surface area contributed by atoms with E-state index >= 15 is 0 Å². The molecule has 0 radical (unpaired) electrons. The Morgan fingerprint density at radius 1 is 1.17 bits per heavy atom. The van der Waals surface area contributed by atoms with Gasteiger partial charge in [0.2, 0.25) is 5.91 Å². The average molecular weight is 311 g/mol. The molecule has 0 atom stereocenters. The molecule has 1 N–H and O–H groups in total. The van der Waals surface area contributed by atoms with Gasteiger partial charge in [0.1, 0.15) is 0 Å². The normalized spacial score (nSPS) is 10.6. The van der Waals surface area contributed by atoms with Crippen LogP contribution in [0.3, 0.4) is 0 Å². The summed E-state index contributed by atoms with van der Waals surface area (Å²) in [5.41, 5.74) is 2.75. The van der Waals surface area contributed by atoms with E-state index in [0.29, 0.717) is 18.1 Å². The van der Waals surface area contributed by atoms with Crippen LogP contribution in [0, 0.1) is 6.92 Å². The first-order chi connectivity index (χ1) is 11.1. The molecule has 2 aromatic carbocycles. The maximum absolute atomic E-state index is 12.0. The molecule has 0 fully saturated rings. The van der Waals surface area contributed by atoms with Gasteiger partial charge in [-0.05, 0) is 55.3 Å². The Hall–Kier alpha value is -2.75. The van der Waals surface area contributed by atoms with E-state index in [0.717, 1.165) is 16.8 Å². The van der Waals surface area contributed by atoms with Crippen molar-refractivity contribution in [2.24, 2.45) is 0 Å². The molecule has 0 saturated heterocycles. The number of carbonyl (C=O) groups is 1. The fraction of sp³-hybridized carbons (Fsp3) is 0.211. The van der Waals surface area contributed by atoms with E-state index in [1.165, 1.54) is 6.08 Å². The number of ether oxygens (including phenoxy) is 2. The second-order valence-corrected chi connectivity index (χ2v) is 5.04. The standard InChI is InChI=1S/C19H21NO3/c1-4-23-17-10-8-15(13-18(17)22-3)9-11-19(21)20-16-7-5-6-14(2)12-16/h5-13H,4H2,1-3H3,(H,20,21)/b11-9+. The van der Waals surface area contributed by atoms with E-state index < -0.39 is 0 Å². The third kappa shape index (κ3) is 4.88. The number of rotatable bonds is 6. The van der Waals surface area contributed by atoms with Crippen LogP contribution in [0.15, 0.2) is 48.5 Å². The second kappa shape index (κ2) is 8.03. The molecule has 1 amide bonds. The zero-order valence-corrected chi connectivity index (χ0v) is 13.6. The lowest BCUT2D eigenvalue weighted by Crippen LogP contribution is -2.07. The Morgan fingerprint density at radius 2 is 2.00 bits per heavy atom. The Kier molecular flexibility index (Phi) is 5.80. The lowest BCUT2D eigenvalue weighted by Gasteiger charge is -2.09. The van der Waals surface area contributed by atoms with Crippen LogP contribution in [0.5, 0.6) is 11.5 Å². The van der Waals surface area contributed by atoms with Crippen molar-refractivity contribution in [2.75, 3.05) is 19.0 Å². The van der Waals surface area contributed by atoms with Gasteiger partial charge in [0.25, 0.3) is 0 Å². The highest BCUT2D eigenvalue weighted by Gasteiger charge is 2.04. The number of hydrogen-bond acceptors (Lipinski definition) is 3. The maximum Gasteiger partial charge on any atom is 0.248 e. The predicted molar refractivity (Wildman–Crippen MR) is 93.0 cm³/mol. The van der Waals surface area contributed by atoms with Gasteiger partial charge in [-0.2, -0.15) is 0 Å². The fourth-order valence-electron chi connectivity index (χ4n) is 2.14. The van der Waals surface area contributed by atoms with Crippen LogP contribution in [0.1, 0.15) is 18.1 Å². The van der Waals surface area contributed by atoms with E-state index in [1.54, 1.807) is 13.2 Å². The summed E-state index contributed by atoms with van der Waals surface area (Å²) in [4.78, 5) is 12.0. The van der Waals surface area contributed by atoms with Crippen LogP contribution >= 0.6 is 0 Å². The zero-order chi connectivity index (χ0) is 16.7. The van der Waals surface area contributed by atoms with Crippen molar-refractivity contribution < 1.29 is 14.3 Å². The van der Waals surface area contributed by atoms with Crippen molar-refractivity contribution >= 4 is 17.7 Å². The van der Waals surface area contributed by atoms with Gasteiger partial charge >= 0.3 is 0 Å². The first-order valence-corrected chi connectivity index (χ1v) is 7.49. The summed E-state index contributed by atoms with van der Waals surface area (Å²) < 4.78 is 10.8. The molecule has 0 aromatic heterocycles. The number of benzene rings is 2. The summed E-state index contributed by atoms with van der Waals surface area (Å²) in [6.45, 7) is 4.48. The van der Waals surface area contributed by atoms with E-state index in [9.17, 15) is 4.79 Å². The molecule has 4 heteroatoms. The molecule has 0 bridgehead atoms. The van der Waals surface area contributed by atoms with Crippen molar-refractivity contribution in [1.82, 2.24) is 0 Å². The molecule has 0 spiro atoms. The quantitative estimate of drug-likeness (QED) is 0.819. The topological polar surface area (TPSA) is 47.6 Å². The molecular weight excluding hydrogens is 290 g/mol. The molecule has 4 nitrogen and oxygen atoms in total. The molecule has 120 valence electrons. The molecule has 23 heavy (non-hydrogen) atoms. The van der Waals surface area contributed by atoms with Gasteiger partial charge < -0.3 is 14.8 Å². The molecule has 2 rings (SSSR count). The number of nitrogens with one attached hydrogen (secondary N) is 1. The fourth-order valence-corrected chi connectivity index (χ4v) is 2.14. The minimum absolute atomic E-state index is 0.177. The smallest absolute Gasteiger partial charge is 0.248 e. The lowest BCUT2D eigenvalue weighted by molar-refractivity contribution is -0.111. The van der Waals surface area contributed by atoms with Gasteiger partial charge in [0.05, 0.1) is 13.7 Å². The molecular formula is C19H21NO3. The van der Waals surface area contributed by atoms with E-state index in [2.05, 4.69) is 5.32 Å². The number of amides is 1. The monoisotopic (exact) mass is 311 g/mol. The van der Waals surface area contributed by atoms with Crippen LogP contribution in [-0.4, -0.2) is 19.6 Å². The first-order valence-electron chi connectivity index (χ1n) is 7.49. The Morgan fingerprint density at radius 3 is 2.70 bits per heavy atom. The maximum atomic E-state index is 12.0. The van der Waals surface area contributed by atoms with E-state index in [-0.39, 0.29) is 5.91 Å². The molecule has 0 saturated carbocycles. The van der Waals surface area contributed by atoms with Gasteiger partial charge in [0, 0.05) is 11.8 Å². The van der Waals surface area contributed by atoms with E-state index in [1.807, 2.05) is 56.3 Å². The van der Waals surface area contributed by atoms with Crippen molar-refractivity contribution in [2.45, 2.75) is 13.8 Å². The first kappa shape index (κ1) is 16.6. The summed E-state index contributed by atoms with van der Waals surface area (Å²) in [6.07, 6.45) is 3.24. The predicted octanol–water partition coefficient (Wildman–Crippen LogP) is 4.05. The van der Waals surface area contributed by atoms with Crippen LogP contribution < -0.4 is 14.8 Å². The molecule has 0 aliphatic carbocycles. The SMILES string of the molecule is CCOc1ccc(/C=C/C(=O)Nc2cccc(C)c2)cc1OC. The van der Waals surface area contributed by atoms with Gasteiger partial charge in [-0.1, -0.05) is 18.2 Å². The number of methoxy groups -OCH3 is 1. The molecule has 0 unspecified atom stereocenters. The second-order valence-electron chi connectivity index (χ2n) is 5.04. The van der Waals surface area contributed by atoms with Gasteiger partial charge in [-0.3, -0.25) is 4.79 Å². The van der Waals surface area contributed by atoms with Gasteiger partial charge in [-0.15, -0.1) is 0 Å². The third-order valence-corrected chi connectivity index (χ3v) is 3.20. The average Bonchev–Trinajstić information content (AvgIpc) is 2.54. The van der Waals surface area contributed by atoms with Crippen LogP contribution in [0.2, 0.25) is 0 Å². The molecule has 0 aliphatic heterocycles. The minimum atomic E-state index is -0.177. The Bertz CT molecular complexity index is 708. The highest BCUT2D eigenvalue weighted by atomic mass is 16.5. The molecule has 2 aromatic rings. The summed E-state index contributed by atoms with van der Waals surface area (Å²) in [7, 11) is 1.59. The highest BCUT2D eigenvalue weighted by molar-refractivity contribution is 6.02. The Labute approximate surface area is 136 Å². The third-order valence-electron chi connectivity index (χ3n) is 3.20. The van der Waals surface area contributed by atoms with Gasteiger partial charge in [-0.25, -0.2) is 0 Å². The van der Waals surface area contributed by atoms with Crippen molar-refractivity contribution in [1.29, 1.82) is 0 Å². The minimum Gasteiger partial charge on any atom is -0.493 e. The van der Waals surface area contributed by atoms with Crippen LogP contribution in [0.25, 0.3) is 6.08 Å². The Balaban J connectivity index is 2.05. The van der Waals surface area contributed by atoms with Crippen molar-refractivity contribution in [3.8, 4) is 11.5 Å². The molecule has 0 aliphatic rings. The van der Waals surface area contributed by atoms with Crippen LogP contribution in [0.4, 0.5) is 5.69 Å². The lowest BCUT2D eigenvalue weighted by atomic mass is 10.2. The van der Waals surface area contributed by atoms with Gasteiger partial charge in [0.15, 0.2) is 11.5 Å². The zero-order valence-electron chi connectivity index (χ0n) is 13.6. The number of anilines is 1.